The molecule has 0 heterocycles. The maximum Gasteiger partial charge on any atom is 0.261 e. The Labute approximate surface area is 169 Å². The van der Waals surface area contributed by atoms with E-state index in [0.29, 0.717) is 28.7 Å². The number of aryl methyl sites for hydroxylation is 1. The third-order valence-electron chi connectivity index (χ3n) is 4.33. The maximum absolute atomic E-state index is 12.8. The largest absolute Gasteiger partial charge is 0.279 e. The summed E-state index contributed by atoms with van der Waals surface area (Å²) in [4.78, 5) is 0.159. The van der Waals surface area contributed by atoms with Crippen LogP contribution >= 0.6 is 15.9 Å². The second-order valence-electron chi connectivity index (χ2n) is 6.06. The number of nitrogens with zero attached hydrogens (tertiary/aromatic N) is 1. The van der Waals surface area contributed by atoms with E-state index in [9.17, 15) is 16.8 Å². The predicted octanol–water partition coefficient (Wildman–Crippen LogP) is 3.90. The monoisotopic (exact) mass is 474 g/mol. The minimum atomic E-state index is -3.86. The molecule has 6 nitrogen and oxygen atoms in total. The molecular weight excluding hydrogens is 452 g/mol. The van der Waals surface area contributed by atoms with Crippen LogP contribution in [0.25, 0.3) is 0 Å². The van der Waals surface area contributed by atoms with Gasteiger partial charge in [0.25, 0.3) is 10.0 Å². The highest BCUT2D eigenvalue weighted by molar-refractivity contribution is 9.10. The maximum atomic E-state index is 12.8. The fourth-order valence-electron chi connectivity index (χ4n) is 2.63. The van der Waals surface area contributed by atoms with Gasteiger partial charge in [-0.2, -0.15) is 4.31 Å². The summed E-state index contributed by atoms with van der Waals surface area (Å²) in [6.07, 6.45) is 0. The molecule has 0 spiro atoms. The van der Waals surface area contributed by atoms with Crippen LogP contribution in [0, 0.1) is 13.8 Å². The molecule has 9 heteroatoms. The Balaban J connectivity index is 2.54. The zero-order valence-electron chi connectivity index (χ0n) is 15.7. The standard InChI is InChI=1S/C18H23BrN2O4S2/c1-5-21(6-2)27(24,25)17-10-13(3)14(4)18(12-17)20-26(22,23)16-9-7-8-15(19)11-16/h7-12,20H,5-6H2,1-4H3. The van der Waals surface area contributed by atoms with Gasteiger partial charge in [0.1, 0.15) is 0 Å². The van der Waals surface area contributed by atoms with E-state index in [1.54, 1.807) is 45.9 Å². The van der Waals surface area contributed by atoms with Crippen molar-refractivity contribution in [3.8, 4) is 0 Å². The Morgan fingerprint density at radius 3 is 2.15 bits per heavy atom. The normalized spacial score (nSPS) is 12.4. The molecule has 2 aromatic rings. The molecule has 0 radical (unpaired) electrons. The molecule has 0 unspecified atom stereocenters. The van der Waals surface area contributed by atoms with Crippen molar-refractivity contribution in [3.63, 3.8) is 0 Å². The van der Waals surface area contributed by atoms with Gasteiger partial charge in [-0.05, 0) is 55.3 Å². The molecule has 0 aliphatic rings. The molecule has 0 bridgehead atoms. The summed E-state index contributed by atoms with van der Waals surface area (Å²) in [5.74, 6) is 0. The van der Waals surface area contributed by atoms with E-state index in [4.69, 9.17) is 0 Å². The molecule has 0 aliphatic heterocycles. The topological polar surface area (TPSA) is 83.6 Å². The van der Waals surface area contributed by atoms with Crippen LogP contribution in [0.4, 0.5) is 5.69 Å². The quantitative estimate of drug-likeness (QED) is 0.659. The molecule has 0 amide bonds. The van der Waals surface area contributed by atoms with E-state index in [1.807, 2.05) is 0 Å². The number of hydrogen-bond donors (Lipinski definition) is 1. The van der Waals surface area contributed by atoms with Crippen LogP contribution in [0.3, 0.4) is 0 Å². The lowest BCUT2D eigenvalue weighted by molar-refractivity contribution is 0.445. The zero-order valence-corrected chi connectivity index (χ0v) is 18.9. The Morgan fingerprint density at radius 2 is 1.59 bits per heavy atom. The van der Waals surface area contributed by atoms with Crippen molar-refractivity contribution < 1.29 is 16.8 Å². The van der Waals surface area contributed by atoms with E-state index in [0.717, 1.165) is 0 Å². The van der Waals surface area contributed by atoms with Crippen LogP contribution in [-0.4, -0.2) is 34.2 Å². The van der Waals surface area contributed by atoms with Crippen LogP contribution in [0.1, 0.15) is 25.0 Å². The van der Waals surface area contributed by atoms with Gasteiger partial charge in [0.05, 0.1) is 15.5 Å². The van der Waals surface area contributed by atoms with Gasteiger partial charge in [-0.25, -0.2) is 16.8 Å². The van der Waals surface area contributed by atoms with Gasteiger partial charge in [0.2, 0.25) is 10.0 Å². The lowest BCUT2D eigenvalue weighted by Crippen LogP contribution is -2.30. The van der Waals surface area contributed by atoms with Crippen molar-refractivity contribution in [2.24, 2.45) is 0 Å². The summed E-state index contributed by atoms with van der Waals surface area (Å²) >= 11 is 3.26. The first kappa shape index (κ1) is 21.9. The van der Waals surface area contributed by atoms with Crippen molar-refractivity contribution in [2.45, 2.75) is 37.5 Å². The third kappa shape index (κ3) is 4.71. The first-order valence-electron chi connectivity index (χ1n) is 8.42. The average Bonchev–Trinajstić information content (AvgIpc) is 2.59. The van der Waals surface area contributed by atoms with Gasteiger partial charge in [-0.3, -0.25) is 4.72 Å². The molecule has 1 N–H and O–H groups in total. The lowest BCUT2D eigenvalue weighted by atomic mass is 10.1. The molecular formula is C18H23BrN2O4S2. The van der Waals surface area contributed by atoms with E-state index in [2.05, 4.69) is 20.7 Å². The van der Waals surface area contributed by atoms with Crippen LogP contribution in [0.15, 0.2) is 50.7 Å². The highest BCUT2D eigenvalue weighted by Gasteiger charge is 2.24. The molecule has 0 fully saturated rings. The van der Waals surface area contributed by atoms with Gasteiger partial charge in [0, 0.05) is 17.6 Å². The Kier molecular flexibility index (Phi) is 6.72. The molecule has 148 valence electrons. The van der Waals surface area contributed by atoms with Gasteiger partial charge < -0.3 is 0 Å². The summed E-state index contributed by atoms with van der Waals surface area (Å²) in [5, 5.41) is 0. The number of nitrogens with one attached hydrogen (secondary N) is 1. The fraction of sp³-hybridized carbons (Fsp3) is 0.333. The SMILES string of the molecule is CCN(CC)S(=O)(=O)c1cc(C)c(C)c(NS(=O)(=O)c2cccc(Br)c2)c1. The van der Waals surface area contributed by atoms with Crippen molar-refractivity contribution in [1.82, 2.24) is 4.31 Å². The number of hydrogen-bond acceptors (Lipinski definition) is 4. The molecule has 0 atom stereocenters. The third-order valence-corrected chi connectivity index (χ3v) is 8.22. The highest BCUT2D eigenvalue weighted by atomic mass is 79.9. The molecule has 0 saturated heterocycles. The Morgan fingerprint density at radius 1 is 0.963 bits per heavy atom. The molecule has 27 heavy (non-hydrogen) atoms. The summed E-state index contributed by atoms with van der Waals surface area (Å²) in [7, 11) is -7.56. The van der Waals surface area contributed by atoms with Crippen molar-refractivity contribution in [2.75, 3.05) is 17.8 Å². The lowest BCUT2D eigenvalue weighted by Gasteiger charge is -2.20. The molecule has 0 aromatic heterocycles. The van der Waals surface area contributed by atoms with Crippen molar-refractivity contribution in [1.29, 1.82) is 0 Å². The van der Waals surface area contributed by atoms with E-state index in [-0.39, 0.29) is 15.5 Å². The van der Waals surface area contributed by atoms with Crippen LogP contribution in [0.5, 0.6) is 0 Å². The van der Waals surface area contributed by atoms with E-state index in [1.165, 1.54) is 22.5 Å². The van der Waals surface area contributed by atoms with Crippen LogP contribution in [-0.2, 0) is 20.0 Å². The Bertz CT molecular complexity index is 1050. The zero-order chi connectivity index (χ0) is 20.4. The predicted molar refractivity (Wildman–Crippen MR) is 111 cm³/mol. The van der Waals surface area contributed by atoms with Crippen molar-refractivity contribution >= 4 is 41.7 Å². The smallest absolute Gasteiger partial charge is 0.261 e. The second-order valence-corrected chi connectivity index (χ2v) is 10.6. The van der Waals surface area contributed by atoms with E-state index >= 15 is 0 Å². The van der Waals surface area contributed by atoms with Gasteiger partial charge >= 0.3 is 0 Å². The summed E-state index contributed by atoms with van der Waals surface area (Å²) in [5.41, 5.74) is 1.61. The van der Waals surface area contributed by atoms with Gasteiger partial charge in [-0.15, -0.1) is 0 Å². The number of halogens is 1. The molecule has 0 saturated carbocycles. The van der Waals surface area contributed by atoms with Crippen molar-refractivity contribution in [3.05, 3.63) is 52.0 Å². The fourth-order valence-corrected chi connectivity index (χ4v) is 5.91. The molecule has 2 rings (SSSR count). The second kappa shape index (κ2) is 8.30. The number of sulfonamides is 2. The molecule has 0 aliphatic carbocycles. The van der Waals surface area contributed by atoms with Crippen LogP contribution < -0.4 is 4.72 Å². The van der Waals surface area contributed by atoms with E-state index < -0.39 is 20.0 Å². The number of rotatable bonds is 7. The summed E-state index contributed by atoms with van der Waals surface area (Å²) in [6, 6.07) is 9.27. The number of anilines is 1. The number of benzene rings is 2. The first-order valence-corrected chi connectivity index (χ1v) is 12.1. The first-order chi connectivity index (χ1) is 12.5. The highest BCUT2D eigenvalue weighted by Crippen LogP contribution is 2.28. The summed E-state index contributed by atoms with van der Waals surface area (Å²) in [6.45, 7) is 7.71. The minimum Gasteiger partial charge on any atom is -0.279 e. The minimum absolute atomic E-state index is 0.0706. The van der Waals surface area contributed by atoms with Gasteiger partial charge in [-0.1, -0.05) is 35.8 Å². The summed E-state index contributed by atoms with van der Waals surface area (Å²) < 4.78 is 55.6. The average molecular weight is 475 g/mol. The molecule has 2 aromatic carbocycles. The Hall–Kier alpha value is -1.42. The van der Waals surface area contributed by atoms with Gasteiger partial charge in [0.15, 0.2) is 0 Å². The van der Waals surface area contributed by atoms with Crippen LogP contribution in [0.2, 0.25) is 0 Å².